The molecule has 0 amide bonds. The molecule has 1 aromatic heterocycles. The van der Waals surface area contributed by atoms with E-state index in [1.807, 2.05) is 31.0 Å². The third kappa shape index (κ3) is 3.62. The Morgan fingerprint density at radius 3 is 2.62 bits per heavy atom. The van der Waals surface area contributed by atoms with E-state index in [9.17, 15) is 4.79 Å². The lowest BCUT2D eigenvalue weighted by Crippen LogP contribution is -2.37. The molecular weight excluding hydrogens is 204 g/mol. The maximum absolute atomic E-state index is 11.1. The molecule has 1 rings (SSSR count). The normalized spacial score (nSPS) is 12.7. The summed E-state index contributed by atoms with van der Waals surface area (Å²) in [6.45, 7) is 2.63. The molecule has 0 aromatic carbocycles. The smallest absolute Gasteiger partial charge is 0.320 e. The molecule has 0 saturated heterocycles. The Bertz CT molecular complexity index is 327. The number of rotatable bonds is 6. The maximum atomic E-state index is 11.1. The molecule has 0 radical (unpaired) electrons. The molecule has 88 valence electrons. The number of aromatic nitrogens is 1. The number of likely N-dealkylation sites (N-methyl/N-ethyl adjacent to an activating group) is 1. The molecule has 1 heterocycles. The Kier molecular flexibility index (Phi) is 4.92. The zero-order valence-electron chi connectivity index (χ0n) is 9.76. The fraction of sp³-hybridized carbons (Fsp3) is 0.500. The summed E-state index contributed by atoms with van der Waals surface area (Å²) in [6, 6.07) is 3.40. The van der Waals surface area contributed by atoms with Crippen LogP contribution in [0.25, 0.3) is 0 Å². The van der Waals surface area contributed by atoms with Crippen LogP contribution in [0, 0.1) is 0 Å². The first-order valence-electron chi connectivity index (χ1n) is 5.47. The van der Waals surface area contributed by atoms with Crippen molar-refractivity contribution >= 4 is 5.97 Å². The number of aliphatic carboxylic acids is 1. The van der Waals surface area contributed by atoms with E-state index in [4.69, 9.17) is 5.11 Å². The molecular formula is C12H18N2O2. The van der Waals surface area contributed by atoms with E-state index in [-0.39, 0.29) is 0 Å². The minimum atomic E-state index is -0.751. The van der Waals surface area contributed by atoms with Crippen LogP contribution in [0.3, 0.4) is 0 Å². The SMILES string of the molecule is CCCC(C(=O)O)N(C)Cc1ccncc1. The highest BCUT2D eigenvalue weighted by molar-refractivity contribution is 5.73. The van der Waals surface area contributed by atoms with E-state index in [0.29, 0.717) is 13.0 Å². The van der Waals surface area contributed by atoms with Crippen molar-refractivity contribution in [1.29, 1.82) is 0 Å². The predicted octanol–water partition coefficient (Wildman–Crippen LogP) is 1.77. The first kappa shape index (κ1) is 12.6. The highest BCUT2D eigenvalue weighted by Gasteiger charge is 2.21. The third-order valence-electron chi connectivity index (χ3n) is 2.56. The zero-order chi connectivity index (χ0) is 12.0. The van der Waals surface area contributed by atoms with Gasteiger partial charge < -0.3 is 5.11 Å². The van der Waals surface area contributed by atoms with Crippen LogP contribution in [-0.2, 0) is 11.3 Å². The summed E-state index contributed by atoms with van der Waals surface area (Å²) in [5, 5.41) is 9.10. The molecule has 4 nitrogen and oxygen atoms in total. The van der Waals surface area contributed by atoms with Crippen molar-refractivity contribution in [2.45, 2.75) is 32.4 Å². The van der Waals surface area contributed by atoms with Gasteiger partial charge >= 0.3 is 5.97 Å². The van der Waals surface area contributed by atoms with Crippen molar-refractivity contribution in [3.63, 3.8) is 0 Å². The number of nitrogens with zero attached hydrogens (tertiary/aromatic N) is 2. The van der Waals surface area contributed by atoms with Gasteiger partial charge in [-0.3, -0.25) is 14.7 Å². The Balaban J connectivity index is 2.62. The number of carboxylic acids is 1. The van der Waals surface area contributed by atoms with E-state index in [0.717, 1.165) is 12.0 Å². The monoisotopic (exact) mass is 222 g/mol. The summed E-state index contributed by atoms with van der Waals surface area (Å²) in [4.78, 5) is 16.9. The van der Waals surface area contributed by atoms with Crippen LogP contribution in [0.4, 0.5) is 0 Å². The van der Waals surface area contributed by atoms with Gasteiger partial charge in [0.15, 0.2) is 0 Å². The molecule has 1 unspecified atom stereocenters. The van der Waals surface area contributed by atoms with E-state index < -0.39 is 12.0 Å². The van der Waals surface area contributed by atoms with Gasteiger partial charge in [-0.25, -0.2) is 0 Å². The molecule has 4 heteroatoms. The van der Waals surface area contributed by atoms with E-state index in [1.54, 1.807) is 12.4 Å². The fourth-order valence-electron chi connectivity index (χ4n) is 1.69. The summed E-state index contributed by atoms with van der Waals surface area (Å²) >= 11 is 0. The van der Waals surface area contributed by atoms with Gasteiger partial charge in [0, 0.05) is 18.9 Å². The van der Waals surface area contributed by atoms with E-state index in [1.165, 1.54) is 0 Å². The van der Waals surface area contributed by atoms with Gasteiger partial charge in [-0.05, 0) is 31.2 Å². The van der Waals surface area contributed by atoms with E-state index >= 15 is 0 Å². The van der Waals surface area contributed by atoms with Gasteiger partial charge in [-0.1, -0.05) is 13.3 Å². The number of carbonyl (C=O) groups is 1. The second-order valence-electron chi connectivity index (χ2n) is 3.91. The molecule has 0 aliphatic rings. The van der Waals surface area contributed by atoms with Crippen LogP contribution in [0.15, 0.2) is 24.5 Å². The Morgan fingerprint density at radius 1 is 1.50 bits per heavy atom. The maximum Gasteiger partial charge on any atom is 0.320 e. The Morgan fingerprint density at radius 2 is 2.12 bits per heavy atom. The van der Waals surface area contributed by atoms with Crippen LogP contribution < -0.4 is 0 Å². The molecule has 1 aromatic rings. The first-order chi connectivity index (χ1) is 7.65. The lowest BCUT2D eigenvalue weighted by Gasteiger charge is -2.24. The summed E-state index contributed by atoms with van der Waals surface area (Å²) in [5.74, 6) is -0.751. The molecule has 0 spiro atoms. The van der Waals surface area contributed by atoms with Crippen LogP contribution in [0.1, 0.15) is 25.3 Å². The molecule has 0 aliphatic carbocycles. The van der Waals surface area contributed by atoms with Crippen molar-refractivity contribution in [3.05, 3.63) is 30.1 Å². The Hall–Kier alpha value is -1.42. The fourth-order valence-corrected chi connectivity index (χ4v) is 1.69. The molecule has 1 N–H and O–H groups in total. The van der Waals surface area contributed by atoms with Crippen molar-refractivity contribution in [3.8, 4) is 0 Å². The highest BCUT2D eigenvalue weighted by atomic mass is 16.4. The summed E-state index contributed by atoms with van der Waals surface area (Å²) in [7, 11) is 1.84. The third-order valence-corrected chi connectivity index (χ3v) is 2.56. The molecule has 0 fully saturated rings. The van der Waals surface area contributed by atoms with Crippen LogP contribution in [-0.4, -0.2) is 34.0 Å². The van der Waals surface area contributed by atoms with Gasteiger partial charge in [0.25, 0.3) is 0 Å². The van der Waals surface area contributed by atoms with Crippen molar-refractivity contribution < 1.29 is 9.90 Å². The zero-order valence-corrected chi connectivity index (χ0v) is 9.76. The average molecular weight is 222 g/mol. The number of hydrogen-bond acceptors (Lipinski definition) is 3. The molecule has 16 heavy (non-hydrogen) atoms. The molecule has 0 bridgehead atoms. The number of carboxylic acid groups (broad SMARTS) is 1. The van der Waals surface area contributed by atoms with E-state index in [2.05, 4.69) is 4.98 Å². The number of hydrogen-bond donors (Lipinski definition) is 1. The van der Waals surface area contributed by atoms with Crippen molar-refractivity contribution in [2.24, 2.45) is 0 Å². The minimum Gasteiger partial charge on any atom is -0.480 e. The van der Waals surface area contributed by atoms with Gasteiger partial charge in [0.1, 0.15) is 6.04 Å². The van der Waals surface area contributed by atoms with Crippen LogP contribution in [0.2, 0.25) is 0 Å². The molecule has 0 saturated carbocycles. The van der Waals surface area contributed by atoms with Gasteiger partial charge in [-0.15, -0.1) is 0 Å². The largest absolute Gasteiger partial charge is 0.480 e. The highest BCUT2D eigenvalue weighted by Crippen LogP contribution is 2.10. The average Bonchev–Trinajstić information content (AvgIpc) is 2.26. The summed E-state index contributed by atoms with van der Waals surface area (Å²) in [6.07, 6.45) is 4.99. The quantitative estimate of drug-likeness (QED) is 0.797. The first-order valence-corrected chi connectivity index (χ1v) is 5.47. The number of pyridine rings is 1. The van der Waals surface area contributed by atoms with Crippen molar-refractivity contribution in [1.82, 2.24) is 9.88 Å². The lowest BCUT2D eigenvalue weighted by molar-refractivity contribution is -0.143. The van der Waals surface area contributed by atoms with Gasteiger partial charge in [0.2, 0.25) is 0 Å². The molecule has 1 atom stereocenters. The van der Waals surface area contributed by atoms with Crippen molar-refractivity contribution in [2.75, 3.05) is 7.05 Å². The molecule has 0 aliphatic heterocycles. The van der Waals surface area contributed by atoms with Crippen LogP contribution in [0.5, 0.6) is 0 Å². The lowest BCUT2D eigenvalue weighted by atomic mass is 10.1. The topological polar surface area (TPSA) is 53.4 Å². The Labute approximate surface area is 95.9 Å². The standard InChI is InChI=1S/C12H18N2O2/c1-3-4-11(12(15)16)14(2)9-10-5-7-13-8-6-10/h5-8,11H,3-4,9H2,1-2H3,(H,15,16). The second kappa shape index (κ2) is 6.23. The summed E-state index contributed by atoms with van der Waals surface area (Å²) in [5.41, 5.74) is 1.08. The van der Waals surface area contributed by atoms with Crippen LogP contribution >= 0.6 is 0 Å². The summed E-state index contributed by atoms with van der Waals surface area (Å²) < 4.78 is 0. The second-order valence-corrected chi connectivity index (χ2v) is 3.91. The van der Waals surface area contributed by atoms with Gasteiger partial charge in [-0.2, -0.15) is 0 Å². The van der Waals surface area contributed by atoms with Gasteiger partial charge in [0.05, 0.1) is 0 Å². The predicted molar refractivity (Wildman–Crippen MR) is 62.0 cm³/mol. The minimum absolute atomic E-state index is 0.404.